The number of carbonyl (C=O) groups excluding carboxylic acids is 1. The van der Waals surface area contributed by atoms with Crippen molar-refractivity contribution in [2.75, 3.05) is 13.2 Å². The van der Waals surface area contributed by atoms with E-state index in [0.29, 0.717) is 30.6 Å². The van der Waals surface area contributed by atoms with E-state index in [1.54, 1.807) is 10.9 Å². The standard InChI is InChI=1S/C26H31N3O3/c1-16(2)28-25(30)20-7-5-19(6-8-20)13-21-14-23-24(18(4)17(21)3)27-15-29(26(23)31)22-9-11-32-12-10-22/h5-8,14-16,22H,9-13H2,1-4H3,(H,28,30). The number of benzene rings is 2. The minimum atomic E-state index is -0.0657. The molecule has 2 aromatic carbocycles. The lowest BCUT2D eigenvalue weighted by atomic mass is 9.94. The molecule has 0 spiro atoms. The maximum Gasteiger partial charge on any atom is 0.261 e. The highest BCUT2D eigenvalue weighted by Gasteiger charge is 2.19. The van der Waals surface area contributed by atoms with Crippen LogP contribution in [0.2, 0.25) is 0 Å². The molecule has 0 saturated carbocycles. The van der Waals surface area contributed by atoms with Crippen molar-refractivity contribution in [2.45, 2.75) is 59.0 Å². The first kappa shape index (κ1) is 22.2. The third-order valence-electron chi connectivity index (χ3n) is 6.36. The minimum absolute atomic E-state index is 0.0203. The second-order valence-electron chi connectivity index (χ2n) is 8.98. The van der Waals surface area contributed by atoms with Crippen LogP contribution >= 0.6 is 0 Å². The molecule has 1 aromatic heterocycles. The van der Waals surface area contributed by atoms with Gasteiger partial charge in [0, 0.05) is 30.9 Å². The molecule has 0 bridgehead atoms. The Morgan fingerprint density at radius 1 is 1.16 bits per heavy atom. The van der Waals surface area contributed by atoms with E-state index < -0.39 is 0 Å². The molecule has 0 unspecified atom stereocenters. The molecule has 1 aliphatic heterocycles. The molecule has 1 fully saturated rings. The van der Waals surface area contributed by atoms with E-state index in [4.69, 9.17) is 4.74 Å². The summed E-state index contributed by atoms with van der Waals surface area (Å²) < 4.78 is 7.23. The van der Waals surface area contributed by atoms with Gasteiger partial charge in [-0.3, -0.25) is 14.2 Å². The molecule has 6 heteroatoms. The molecule has 1 saturated heterocycles. The number of hydrogen-bond acceptors (Lipinski definition) is 4. The van der Waals surface area contributed by atoms with Gasteiger partial charge in [0.25, 0.3) is 11.5 Å². The van der Waals surface area contributed by atoms with Gasteiger partial charge in [-0.2, -0.15) is 0 Å². The van der Waals surface area contributed by atoms with Crippen LogP contribution in [0, 0.1) is 13.8 Å². The van der Waals surface area contributed by atoms with Gasteiger partial charge in [-0.15, -0.1) is 0 Å². The highest BCUT2D eigenvalue weighted by molar-refractivity contribution is 5.94. The molecule has 3 aromatic rings. The Morgan fingerprint density at radius 3 is 2.50 bits per heavy atom. The SMILES string of the molecule is Cc1c(Cc2ccc(C(=O)NC(C)C)cc2)cc2c(=O)n(C3CCOCC3)cnc2c1C. The van der Waals surface area contributed by atoms with Crippen molar-refractivity contribution in [3.63, 3.8) is 0 Å². The van der Waals surface area contributed by atoms with Crippen molar-refractivity contribution in [2.24, 2.45) is 0 Å². The van der Waals surface area contributed by atoms with Gasteiger partial charge in [-0.1, -0.05) is 12.1 Å². The molecule has 168 valence electrons. The molecular formula is C26H31N3O3. The van der Waals surface area contributed by atoms with Gasteiger partial charge in [0.15, 0.2) is 0 Å². The summed E-state index contributed by atoms with van der Waals surface area (Å²) in [6.07, 6.45) is 4.07. The summed E-state index contributed by atoms with van der Waals surface area (Å²) in [5, 5.41) is 3.58. The lowest BCUT2D eigenvalue weighted by molar-refractivity contribution is 0.0685. The van der Waals surface area contributed by atoms with E-state index in [1.807, 2.05) is 51.1 Å². The zero-order chi connectivity index (χ0) is 22.8. The minimum Gasteiger partial charge on any atom is -0.381 e. The molecule has 6 nitrogen and oxygen atoms in total. The number of rotatable bonds is 5. The Hall–Kier alpha value is -2.99. The van der Waals surface area contributed by atoms with Gasteiger partial charge in [0.1, 0.15) is 0 Å². The molecule has 0 aliphatic carbocycles. The van der Waals surface area contributed by atoms with Crippen molar-refractivity contribution in [1.82, 2.24) is 14.9 Å². The Balaban J connectivity index is 1.66. The maximum absolute atomic E-state index is 13.3. The molecule has 1 amide bonds. The number of nitrogens with one attached hydrogen (secondary N) is 1. The quantitative estimate of drug-likeness (QED) is 0.658. The Bertz CT molecular complexity index is 1190. The van der Waals surface area contributed by atoms with Crippen LogP contribution in [0.4, 0.5) is 0 Å². The van der Waals surface area contributed by atoms with Crippen LogP contribution < -0.4 is 10.9 Å². The Kier molecular flexibility index (Phi) is 6.42. The number of aromatic nitrogens is 2. The highest BCUT2D eigenvalue weighted by atomic mass is 16.5. The van der Waals surface area contributed by atoms with Crippen LogP contribution in [0.3, 0.4) is 0 Å². The van der Waals surface area contributed by atoms with E-state index in [0.717, 1.165) is 40.6 Å². The average molecular weight is 434 g/mol. The summed E-state index contributed by atoms with van der Waals surface area (Å²) in [5.74, 6) is -0.0657. The second kappa shape index (κ2) is 9.25. The number of carbonyl (C=O) groups is 1. The summed E-state index contributed by atoms with van der Waals surface area (Å²) in [7, 11) is 0. The zero-order valence-corrected chi connectivity index (χ0v) is 19.3. The second-order valence-corrected chi connectivity index (χ2v) is 8.98. The first-order valence-electron chi connectivity index (χ1n) is 11.3. The predicted molar refractivity (Wildman–Crippen MR) is 126 cm³/mol. The van der Waals surface area contributed by atoms with E-state index in [-0.39, 0.29) is 23.6 Å². The van der Waals surface area contributed by atoms with E-state index in [1.165, 1.54) is 0 Å². The van der Waals surface area contributed by atoms with Gasteiger partial charge < -0.3 is 10.1 Å². The lowest BCUT2D eigenvalue weighted by Gasteiger charge is -2.24. The number of nitrogens with zero attached hydrogens (tertiary/aromatic N) is 2. The Morgan fingerprint density at radius 2 is 1.84 bits per heavy atom. The molecule has 0 atom stereocenters. The first-order valence-corrected chi connectivity index (χ1v) is 11.3. The Labute approximate surface area is 188 Å². The molecule has 0 radical (unpaired) electrons. The molecule has 2 heterocycles. The molecule has 4 rings (SSSR count). The van der Waals surface area contributed by atoms with Crippen LogP contribution in [0.5, 0.6) is 0 Å². The fourth-order valence-electron chi connectivity index (χ4n) is 4.36. The van der Waals surface area contributed by atoms with Gasteiger partial charge >= 0.3 is 0 Å². The fraction of sp³-hybridized carbons (Fsp3) is 0.423. The average Bonchev–Trinajstić information content (AvgIpc) is 2.78. The zero-order valence-electron chi connectivity index (χ0n) is 19.3. The third kappa shape index (κ3) is 4.46. The highest BCUT2D eigenvalue weighted by Crippen LogP contribution is 2.25. The lowest BCUT2D eigenvalue weighted by Crippen LogP contribution is -2.30. The van der Waals surface area contributed by atoms with Crippen LogP contribution in [-0.2, 0) is 11.2 Å². The van der Waals surface area contributed by atoms with Crippen molar-refractivity contribution < 1.29 is 9.53 Å². The van der Waals surface area contributed by atoms with Crippen molar-refractivity contribution in [3.8, 4) is 0 Å². The summed E-state index contributed by atoms with van der Waals surface area (Å²) >= 11 is 0. The number of aryl methyl sites for hydroxylation is 1. The molecule has 1 N–H and O–H groups in total. The summed E-state index contributed by atoms with van der Waals surface area (Å²) in [6, 6.07) is 9.93. The predicted octanol–water partition coefficient (Wildman–Crippen LogP) is 4.09. The first-order chi connectivity index (χ1) is 15.3. The van der Waals surface area contributed by atoms with Crippen LogP contribution in [0.1, 0.15) is 65.3 Å². The van der Waals surface area contributed by atoms with Gasteiger partial charge in [0.2, 0.25) is 0 Å². The number of amides is 1. The van der Waals surface area contributed by atoms with E-state index >= 15 is 0 Å². The topological polar surface area (TPSA) is 73.2 Å². The molecule has 32 heavy (non-hydrogen) atoms. The van der Waals surface area contributed by atoms with Gasteiger partial charge in [0.05, 0.1) is 17.2 Å². The molecular weight excluding hydrogens is 402 g/mol. The van der Waals surface area contributed by atoms with E-state index in [2.05, 4.69) is 17.2 Å². The summed E-state index contributed by atoms with van der Waals surface area (Å²) in [6.45, 7) is 9.37. The van der Waals surface area contributed by atoms with E-state index in [9.17, 15) is 9.59 Å². The van der Waals surface area contributed by atoms with Gasteiger partial charge in [-0.05, 0) is 87.4 Å². The number of ether oxygens (including phenoxy) is 1. The maximum atomic E-state index is 13.3. The van der Waals surface area contributed by atoms with Crippen LogP contribution in [0.25, 0.3) is 10.9 Å². The fourth-order valence-corrected chi connectivity index (χ4v) is 4.36. The normalized spacial score (nSPS) is 14.8. The number of fused-ring (bicyclic) bond motifs is 1. The number of hydrogen-bond donors (Lipinski definition) is 1. The largest absolute Gasteiger partial charge is 0.381 e. The smallest absolute Gasteiger partial charge is 0.261 e. The van der Waals surface area contributed by atoms with Crippen LogP contribution in [-0.4, -0.2) is 34.7 Å². The van der Waals surface area contributed by atoms with Gasteiger partial charge in [-0.25, -0.2) is 4.98 Å². The monoisotopic (exact) mass is 433 g/mol. The van der Waals surface area contributed by atoms with Crippen LogP contribution in [0.15, 0.2) is 41.5 Å². The van der Waals surface area contributed by atoms with Crippen molar-refractivity contribution in [1.29, 1.82) is 0 Å². The summed E-state index contributed by atoms with van der Waals surface area (Å²) in [4.78, 5) is 30.2. The van der Waals surface area contributed by atoms with Crippen molar-refractivity contribution >= 4 is 16.8 Å². The van der Waals surface area contributed by atoms with Crippen molar-refractivity contribution in [3.05, 3.63) is 74.8 Å². The molecule has 1 aliphatic rings. The third-order valence-corrected chi connectivity index (χ3v) is 6.36. The summed E-state index contributed by atoms with van der Waals surface area (Å²) in [5.41, 5.74) is 5.85.